The summed E-state index contributed by atoms with van der Waals surface area (Å²) in [5.74, 6) is -0.0131. The van der Waals surface area contributed by atoms with E-state index < -0.39 is 10.0 Å². The van der Waals surface area contributed by atoms with E-state index in [9.17, 15) is 13.5 Å². The Morgan fingerprint density at radius 3 is 2.33 bits per heavy atom. The summed E-state index contributed by atoms with van der Waals surface area (Å²) >= 11 is 0. The Balaban J connectivity index is 1.54. The predicted molar refractivity (Wildman–Crippen MR) is 145 cm³/mol. The molecule has 5 N–H and O–H groups in total. The van der Waals surface area contributed by atoms with E-state index >= 15 is 0 Å². The molecule has 0 amide bonds. The Morgan fingerprint density at radius 1 is 0.917 bits per heavy atom. The number of benzene rings is 4. The van der Waals surface area contributed by atoms with E-state index in [1.165, 1.54) is 0 Å². The summed E-state index contributed by atoms with van der Waals surface area (Å²) in [5, 5.41) is 11.5. The topological polar surface area (TPSA) is 121 Å². The van der Waals surface area contributed by atoms with E-state index in [0.29, 0.717) is 33.9 Å². The summed E-state index contributed by atoms with van der Waals surface area (Å²) < 4.78 is 28.3. The number of rotatable bonds is 6. The van der Waals surface area contributed by atoms with Crippen LogP contribution in [0, 0.1) is 6.92 Å². The molecule has 0 saturated heterocycles. The Kier molecular flexibility index (Phi) is 5.95. The number of aryl methyl sites for hydroxylation is 1. The normalized spacial score (nSPS) is 12.1. The molecule has 4 aromatic carbocycles. The summed E-state index contributed by atoms with van der Waals surface area (Å²) in [6, 6.07) is 28.5. The number of anilines is 2. The number of nitrogen functional groups attached to an aromatic ring is 1. The molecule has 8 heteroatoms. The molecule has 180 valence electrons. The highest BCUT2D eigenvalue weighted by molar-refractivity contribution is 7.92. The van der Waals surface area contributed by atoms with Gasteiger partial charge in [0.15, 0.2) is 5.88 Å². The van der Waals surface area contributed by atoms with Gasteiger partial charge in [-0.25, -0.2) is 13.4 Å². The van der Waals surface area contributed by atoms with Gasteiger partial charge in [-0.1, -0.05) is 48.5 Å². The smallest absolute Gasteiger partial charge is 0.262 e. The van der Waals surface area contributed by atoms with Gasteiger partial charge < -0.3 is 15.8 Å². The van der Waals surface area contributed by atoms with Gasteiger partial charge in [0.2, 0.25) is 0 Å². The van der Waals surface area contributed by atoms with Crippen molar-refractivity contribution in [3.05, 3.63) is 114 Å². The van der Waals surface area contributed by atoms with E-state index in [2.05, 4.69) is 9.71 Å². The number of aromatic hydroxyl groups is 1. The molecule has 0 aliphatic carbocycles. The molecular formula is C28H24N4O3S. The number of aromatic amines is 1. The quantitative estimate of drug-likeness (QED) is 0.177. The first-order valence-electron chi connectivity index (χ1n) is 11.2. The SMILES string of the molecule is Cc1ccccc1S(=O)(=O)Nc1ccc(N=C(c2ccccc2)c2c(O)[nH]c3ccc(N)cc23)cc1. The van der Waals surface area contributed by atoms with Crippen molar-refractivity contribution >= 4 is 43.7 Å². The van der Waals surface area contributed by atoms with Crippen LogP contribution in [0.25, 0.3) is 10.9 Å². The largest absolute Gasteiger partial charge is 0.494 e. The first-order valence-corrected chi connectivity index (χ1v) is 12.7. The lowest BCUT2D eigenvalue weighted by Gasteiger charge is -2.11. The lowest BCUT2D eigenvalue weighted by Crippen LogP contribution is -2.14. The van der Waals surface area contributed by atoms with Crippen LogP contribution in [0.1, 0.15) is 16.7 Å². The van der Waals surface area contributed by atoms with Crippen molar-refractivity contribution in [1.29, 1.82) is 0 Å². The lowest BCUT2D eigenvalue weighted by molar-refractivity contribution is 0.457. The van der Waals surface area contributed by atoms with Crippen molar-refractivity contribution in [1.82, 2.24) is 4.98 Å². The van der Waals surface area contributed by atoms with Gasteiger partial charge in [0, 0.05) is 27.8 Å². The molecule has 36 heavy (non-hydrogen) atoms. The van der Waals surface area contributed by atoms with E-state index in [-0.39, 0.29) is 10.8 Å². The van der Waals surface area contributed by atoms with Crippen LogP contribution < -0.4 is 10.5 Å². The number of aliphatic imine (C=N–C) groups is 1. The van der Waals surface area contributed by atoms with Crippen molar-refractivity contribution in [2.75, 3.05) is 10.5 Å². The fraction of sp³-hybridized carbons (Fsp3) is 0.0357. The van der Waals surface area contributed by atoms with Crippen LogP contribution >= 0.6 is 0 Å². The molecule has 0 saturated carbocycles. The number of H-pyrrole nitrogens is 1. The van der Waals surface area contributed by atoms with Gasteiger partial charge in [0.05, 0.1) is 21.9 Å². The minimum absolute atomic E-state index is 0.0131. The Morgan fingerprint density at radius 2 is 1.61 bits per heavy atom. The minimum atomic E-state index is -3.73. The van der Waals surface area contributed by atoms with Crippen LogP contribution in [-0.2, 0) is 10.0 Å². The third kappa shape index (κ3) is 4.54. The summed E-state index contributed by atoms with van der Waals surface area (Å²) in [4.78, 5) is 8.06. The second-order valence-corrected chi connectivity index (χ2v) is 10.0. The number of aromatic nitrogens is 1. The fourth-order valence-electron chi connectivity index (χ4n) is 4.10. The number of nitrogens with one attached hydrogen (secondary N) is 2. The summed E-state index contributed by atoms with van der Waals surface area (Å²) in [6.45, 7) is 1.76. The van der Waals surface area contributed by atoms with E-state index in [4.69, 9.17) is 10.7 Å². The fourth-order valence-corrected chi connectivity index (χ4v) is 5.40. The molecule has 5 rings (SSSR count). The van der Waals surface area contributed by atoms with Gasteiger partial charge in [-0.2, -0.15) is 0 Å². The molecule has 0 spiro atoms. The van der Waals surface area contributed by atoms with Gasteiger partial charge in [0.1, 0.15) is 0 Å². The predicted octanol–water partition coefficient (Wildman–Crippen LogP) is 5.73. The van der Waals surface area contributed by atoms with Gasteiger partial charge in [-0.15, -0.1) is 0 Å². The molecule has 0 aliphatic heterocycles. The second kappa shape index (κ2) is 9.24. The van der Waals surface area contributed by atoms with E-state index in [1.807, 2.05) is 36.4 Å². The van der Waals surface area contributed by atoms with Crippen molar-refractivity contribution in [3.8, 4) is 5.88 Å². The zero-order valence-corrected chi connectivity index (χ0v) is 20.3. The number of hydrogen-bond donors (Lipinski definition) is 4. The van der Waals surface area contributed by atoms with Crippen LogP contribution in [0.2, 0.25) is 0 Å². The van der Waals surface area contributed by atoms with Crippen LogP contribution in [0.5, 0.6) is 5.88 Å². The highest BCUT2D eigenvalue weighted by Gasteiger charge is 2.19. The molecule has 0 radical (unpaired) electrons. The number of hydrogen-bond acceptors (Lipinski definition) is 5. The zero-order valence-electron chi connectivity index (χ0n) is 19.4. The molecule has 0 bridgehead atoms. The van der Waals surface area contributed by atoms with Gasteiger partial charge in [-0.05, 0) is 61.0 Å². The van der Waals surface area contributed by atoms with E-state index in [1.54, 1.807) is 67.6 Å². The molecule has 7 nitrogen and oxygen atoms in total. The maximum absolute atomic E-state index is 12.8. The van der Waals surface area contributed by atoms with Crippen LogP contribution in [0.4, 0.5) is 17.1 Å². The number of nitrogens with two attached hydrogens (primary N) is 1. The highest BCUT2D eigenvalue weighted by Crippen LogP contribution is 2.33. The Labute approximate surface area is 209 Å². The first-order chi connectivity index (χ1) is 17.3. The molecule has 0 aliphatic rings. The highest BCUT2D eigenvalue weighted by atomic mass is 32.2. The zero-order chi connectivity index (χ0) is 25.3. The number of sulfonamides is 1. The third-order valence-corrected chi connectivity index (χ3v) is 7.37. The lowest BCUT2D eigenvalue weighted by atomic mass is 10.0. The minimum Gasteiger partial charge on any atom is -0.494 e. The van der Waals surface area contributed by atoms with E-state index in [0.717, 1.165) is 16.5 Å². The molecule has 0 unspecified atom stereocenters. The average molecular weight is 497 g/mol. The number of fused-ring (bicyclic) bond motifs is 1. The van der Waals surface area contributed by atoms with Crippen LogP contribution in [-0.4, -0.2) is 24.2 Å². The summed E-state index contributed by atoms with van der Waals surface area (Å²) in [7, 11) is -3.73. The summed E-state index contributed by atoms with van der Waals surface area (Å²) in [5.41, 5.74) is 10.9. The molecule has 0 fully saturated rings. The van der Waals surface area contributed by atoms with Gasteiger partial charge in [0.25, 0.3) is 10.0 Å². The van der Waals surface area contributed by atoms with Crippen molar-refractivity contribution in [2.45, 2.75) is 11.8 Å². The molecule has 1 heterocycles. The standard InChI is InChI=1S/C28H24N4O3S/c1-18-7-5-6-10-25(18)36(34,35)32-22-14-12-21(13-15-22)30-27(19-8-3-2-4-9-19)26-23-17-20(29)11-16-24(23)31-28(26)33/h2-17,31-33H,29H2,1H3. The maximum atomic E-state index is 12.8. The average Bonchev–Trinajstić information content (AvgIpc) is 3.18. The molecule has 5 aromatic rings. The summed E-state index contributed by atoms with van der Waals surface area (Å²) in [6.07, 6.45) is 0. The molecule has 0 atom stereocenters. The van der Waals surface area contributed by atoms with Crippen molar-refractivity contribution < 1.29 is 13.5 Å². The Bertz CT molecular complexity index is 1690. The van der Waals surface area contributed by atoms with Crippen LogP contribution in [0.3, 0.4) is 0 Å². The Hall–Kier alpha value is -4.56. The van der Waals surface area contributed by atoms with Crippen molar-refractivity contribution in [3.63, 3.8) is 0 Å². The van der Waals surface area contributed by atoms with Crippen LogP contribution in [0.15, 0.2) is 107 Å². The molecule has 1 aromatic heterocycles. The second-order valence-electron chi connectivity index (χ2n) is 8.40. The third-order valence-electron chi connectivity index (χ3n) is 5.83. The first kappa shape index (κ1) is 23.2. The molecular weight excluding hydrogens is 472 g/mol. The number of nitrogens with zero attached hydrogens (tertiary/aromatic N) is 1. The van der Waals surface area contributed by atoms with Crippen molar-refractivity contribution in [2.24, 2.45) is 4.99 Å². The monoisotopic (exact) mass is 496 g/mol. The van der Waals surface area contributed by atoms with Gasteiger partial charge >= 0.3 is 0 Å². The maximum Gasteiger partial charge on any atom is 0.262 e. The van der Waals surface area contributed by atoms with Gasteiger partial charge in [-0.3, -0.25) is 4.72 Å².